The van der Waals surface area contributed by atoms with Crippen molar-refractivity contribution >= 4 is 28.2 Å². The Kier molecular flexibility index (Phi) is 2.30. The van der Waals surface area contributed by atoms with Crippen molar-refractivity contribution in [3.63, 3.8) is 0 Å². The maximum absolute atomic E-state index is 10.8. The molecule has 0 saturated heterocycles. The van der Waals surface area contributed by atoms with Crippen LogP contribution in [-0.4, -0.2) is 8.42 Å². The normalized spacial score (nSPS) is 11.3. The van der Waals surface area contributed by atoms with Gasteiger partial charge in [-0.25, -0.2) is 8.42 Å². The summed E-state index contributed by atoms with van der Waals surface area (Å²) in [5.41, 5.74) is 0. The molecule has 0 aliphatic rings. The highest BCUT2D eigenvalue weighted by atomic mass is 127. The van der Waals surface area contributed by atoms with Crippen LogP contribution in [0.15, 0.2) is 35.2 Å². The highest BCUT2D eigenvalue weighted by Crippen LogP contribution is 2.15. The van der Waals surface area contributed by atoms with Gasteiger partial charge in [0.15, 0.2) is 0 Å². The molecule has 0 aromatic heterocycles. The van der Waals surface area contributed by atoms with Gasteiger partial charge in [-0.2, -0.15) is 0 Å². The molecule has 0 aliphatic heterocycles. The predicted molar refractivity (Wildman–Crippen MR) is 47.6 cm³/mol. The molecule has 0 bridgehead atoms. The van der Waals surface area contributed by atoms with Crippen molar-refractivity contribution in [3.05, 3.63) is 30.3 Å². The molecule has 54 valence electrons. The standard InChI is InChI=1S/C6H5IO2S/c7-10(8,9)6-4-2-1-3-5-6/h1-5H. The van der Waals surface area contributed by atoms with E-state index in [4.69, 9.17) is 0 Å². The average Bonchev–Trinajstić information content (AvgIpc) is 1.88. The van der Waals surface area contributed by atoms with Gasteiger partial charge >= 0.3 is 0 Å². The van der Waals surface area contributed by atoms with Gasteiger partial charge in [0.1, 0.15) is 0 Å². The molecule has 4 heteroatoms. The summed E-state index contributed by atoms with van der Waals surface area (Å²) in [6.45, 7) is 0. The van der Waals surface area contributed by atoms with E-state index in [1.165, 1.54) is 21.2 Å². The Morgan fingerprint density at radius 2 is 1.60 bits per heavy atom. The van der Waals surface area contributed by atoms with Crippen molar-refractivity contribution in [1.82, 2.24) is 0 Å². The third-order valence-electron chi connectivity index (χ3n) is 1.02. The van der Waals surface area contributed by atoms with Crippen LogP contribution in [0.1, 0.15) is 0 Å². The van der Waals surface area contributed by atoms with Crippen LogP contribution in [0.5, 0.6) is 0 Å². The monoisotopic (exact) mass is 268 g/mol. The van der Waals surface area contributed by atoms with Gasteiger partial charge in [0.05, 0.1) is 26.1 Å². The molecular weight excluding hydrogens is 263 g/mol. The first-order valence-electron chi connectivity index (χ1n) is 2.60. The summed E-state index contributed by atoms with van der Waals surface area (Å²) < 4.78 is 21.6. The summed E-state index contributed by atoms with van der Waals surface area (Å²) >= 11 is 1.41. The van der Waals surface area contributed by atoms with Crippen LogP contribution >= 0.6 is 21.2 Å². The molecule has 10 heavy (non-hydrogen) atoms. The number of hydrogen-bond acceptors (Lipinski definition) is 2. The molecule has 1 aromatic rings. The zero-order valence-corrected chi connectivity index (χ0v) is 7.96. The third kappa shape index (κ3) is 1.95. The Labute approximate surface area is 71.8 Å². The average molecular weight is 268 g/mol. The largest absolute Gasteiger partial charge is 0.231 e. The Morgan fingerprint density at radius 3 is 1.90 bits per heavy atom. The number of benzene rings is 1. The van der Waals surface area contributed by atoms with Crippen LogP contribution in [0.2, 0.25) is 0 Å². The lowest BCUT2D eigenvalue weighted by Crippen LogP contribution is -1.86. The van der Waals surface area contributed by atoms with E-state index in [1.54, 1.807) is 30.3 Å². The topological polar surface area (TPSA) is 34.1 Å². The summed E-state index contributed by atoms with van der Waals surface area (Å²) in [5.74, 6) is 0. The van der Waals surface area contributed by atoms with Gasteiger partial charge in [0.2, 0.25) is 7.01 Å². The SMILES string of the molecule is O=S(=O)(I)c1ccccc1. The second kappa shape index (κ2) is 2.87. The Bertz CT molecular complexity index is 304. The highest BCUT2D eigenvalue weighted by molar-refractivity contribution is 14.2. The van der Waals surface area contributed by atoms with Crippen LogP contribution in [0.3, 0.4) is 0 Å². The zero-order chi connectivity index (χ0) is 7.61. The van der Waals surface area contributed by atoms with E-state index < -0.39 is 7.01 Å². The highest BCUT2D eigenvalue weighted by Gasteiger charge is 2.05. The molecule has 1 rings (SSSR count). The van der Waals surface area contributed by atoms with Crippen LogP contribution in [0, 0.1) is 0 Å². The van der Waals surface area contributed by atoms with Crippen molar-refractivity contribution in [2.45, 2.75) is 4.90 Å². The molecule has 0 amide bonds. The molecule has 0 aliphatic carbocycles. The van der Waals surface area contributed by atoms with Gasteiger partial charge in [0, 0.05) is 0 Å². The summed E-state index contributed by atoms with van der Waals surface area (Å²) in [6.07, 6.45) is 0. The summed E-state index contributed by atoms with van der Waals surface area (Å²) in [6, 6.07) is 8.33. The molecule has 0 unspecified atom stereocenters. The van der Waals surface area contributed by atoms with E-state index >= 15 is 0 Å². The smallest absolute Gasteiger partial charge is 0.213 e. The van der Waals surface area contributed by atoms with Crippen LogP contribution in [0.4, 0.5) is 0 Å². The van der Waals surface area contributed by atoms with E-state index in [2.05, 4.69) is 0 Å². The second-order valence-electron chi connectivity index (χ2n) is 1.75. The maximum atomic E-state index is 10.8. The minimum Gasteiger partial charge on any atom is -0.213 e. The maximum Gasteiger partial charge on any atom is 0.231 e. The van der Waals surface area contributed by atoms with Gasteiger partial charge in [-0.05, 0) is 12.1 Å². The fourth-order valence-corrected chi connectivity index (χ4v) is 1.95. The molecule has 0 saturated carbocycles. The molecule has 2 nitrogen and oxygen atoms in total. The van der Waals surface area contributed by atoms with Crippen LogP contribution in [0.25, 0.3) is 0 Å². The van der Waals surface area contributed by atoms with Gasteiger partial charge < -0.3 is 0 Å². The molecule has 0 fully saturated rings. The first-order chi connectivity index (χ1) is 4.61. The molecule has 0 spiro atoms. The fraction of sp³-hybridized carbons (Fsp3) is 0. The lowest BCUT2D eigenvalue weighted by Gasteiger charge is -1.91. The summed E-state index contributed by atoms with van der Waals surface area (Å²) in [7, 11) is -3.03. The van der Waals surface area contributed by atoms with E-state index in [0.717, 1.165) is 0 Å². The van der Waals surface area contributed by atoms with E-state index in [0.29, 0.717) is 4.90 Å². The minimum atomic E-state index is -3.03. The second-order valence-corrected chi connectivity index (χ2v) is 6.58. The molecule has 0 heterocycles. The molecular formula is C6H5IO2S. The Balaban J connectivity index is 3.22. The Hall–Kier alpha value is -0.100. The lowest BCUT2D eigenvalue weighted by atomic mass is 10.4. The molecule has 1 aromatic carbocycles. The zero-order valence-electron chi connectivity index (χ0n) is 4.99. The van der Waals surface area contributed by atoms with E-state index in [1.807, 2.05) is 0 Å². The molecule has 0 N–H and O–H groups in total. The van der Waals surface area contributed by atoms with Crippen molar-refractivity contribution in [2.75, 3.05) is 0 Å². The van der Waals surface area contributed by atoms with E-state index in [-0.39, 0.29) is 0 Å². The molecule has 0 radical (unpaired) electrons. The van der Waals surface area contributed by atoms with Crippen molar-refractivity contribution < 1.29 is 8.42 Å². The first-order valence-corrected chi connectivity index (χ1v) is 6.63. The quantitative estimate of drug-likeness (QED) is 0.575. The van der Waals surface area contributed by atoms with Crippen molar-refractivity contribution in [2.24, 2.45) is 0 Å². The van der Waals surface area contributed by atoms with E-state index in [9.17, 15) is 8.42 Å². The molecule has 0 atom stereocenters. The fourth-order valence-electron chi connectivity index (χ4n) is 0.583. The van der Waals surface area contributed by atoms with Crippen molar-refractivity contribution in [3.8, 4) is 0 Å². The summed E-state index contributed by atoms with van der Waals surface area (Å²) in [5, 5.41) is 0. The van der Waals surface area contributed by atoms with Crippen molar-refractivity contribution in [1.29, 1.82) is 0 Å². The van der Waals surface area contributed by atoms with Crippen LogP contribution in [-0.2, 0) is 7.01 Å². The summed E-state index contributed by atoms with van der Waals surface area (Å²) in [4.78, 5) is 0.357. The number of hydrogen-bond donors (Lipinski definition) is 0. The Morgan fingerprint density at radius 1 is 1.10 bits per heavy atom. The van der Waals surface area contributed by atoms with Gasteiger partial charge in [-0.1, -0.05) is 18.2 Å². The predicted octanol–water partition coefficient (Wildman–Crippen LogP) is 1.81. The van der Waals surface area contributed by atoms with Gasteiger partial charge in [-0.3, -0.25) is 0 Å². The number of rotatable bonds is 1. The number of halogens is 1. The van der Waals surface area contributed by atoms with Gasteiger partial charge in [0.25, 0.3) is 0 Å². The lowest BCUT2D eigenvalue weighted by molar-refractivity contribution is 0.612. The first kappa shape index (κ1) is 8.00. The third-order valence-corrected chi connectivity index (χ3v) is 3.39. The minimum absolute atomic E-state index is 0.357. The van der Waals surface area contributed by atoms with Gasteiger partial charge in [-0.15, -0.1) is 0 Å². The van der Waals surface area contributed by atoms with Crippen LogP contribution < -0.4 is 0 Å².